The van der Waals surface area contributed by atoms with Crippen LogP contribution in [0.4, 0.5) is 0 Å². The number of unbranched alkanes of at least 4 members (excludes halogenated alkanes) is 13. The Morgan fingerprint density at radius 2 is 0.658 bits per heavy atom. The molecule has 0 aromatic heterocycles. The summed E-state index contributed by atoms with van der Waals surface area (Å²) < 4.78 is 36.8. The maximum absolute atomic E-state index is 13.1. The molecule has 0 heterocycles. The second-order valence-electron chi connectivity index (χ2n) is 11.5. The molecular weight excluding hydrogens is 488 g/mol. The zero-order valence-corrected chi connectivity index (χ0v) is 26.8. The number of benzene rings is 1. The van der Waals surface area contributed by atoms with E-state index in [2.05, 4.69) is 34.6 Å². The monoisotopic (exact) mass is 550 g/mol. The van der Waals surface area contributed by atoms with Crippen LogP contribution in [0.2, 0.25) is 0 Å². The second kappa shape index (κ2) is 21.0. The minimum absolute atomic E-state index is 0.305. The first-order valence-electron chi connectivity index (χ1n) is 16.5. The van der Waals surface area contributed by atoms with Crippen molar-refractivity contribution in [1.29, 1.82) is 0 Å². The van der Waals surface area contributed by atoms with Gasteiger partial charge in [-0.1, -0.05) is 118 Å². The fraction of sp³-hybridized carbons (Fsp3) is 0.824. The van der Waals surface area contributed by atoms with Gasteiger partial charge in [0.1, 0.15) is 4.90 Å². The SMILES string of the molecule is CCCCCCCCCCCCc1c(CCCC)c(CCCC)c(CCCC)c(CCCC)c1S(=O)(=O)O. The highest BCUT2D eigenvalue weighted by atomic mass is 32.2. The lowest BCUT2D eigenvalue weighted by Gasteiger charge is -2.26. The molecular formula is C34H62O3S. The van der Waals surface area contributed by atoms with E-state index in [0.717, 1.165) is 107 Å². The van der Waals surface area contributed by atoms with Crippen molar-refractivity contribution in [3.63, 3.8) is 0 Å². The van der Waals surface area contributed by atoms with Gasteiger partial charge in [-0.15, -0.1) is 0 Å². The van der Waals surface area contributed by atoms with Crippen LogP contribution in [0.3, 0.4) is 0 Å². The Morgan fingerprint density at radius 3 is 1.00 bits per heavy atom. The Balaban J connectivity index is 3.37. The van der Waals surface area contributed by atoms with E-state index in [1.807, 2.05) is 0 Å². The van der Waals surface area contributed by atoms with Gasteiger partial charge in [-0.05, 0) is 92.0 Å². The van der Waals surface area contributed by atoms with Crippen LogP contribution in [0.1, 0.15) is 178 Å². The van der Waals surface area contributed by atoms with Crippen molar-refractivity contribution in [2.24, 2.45) is 0 Å². The largest absolute Gasteiger partial charge is 0.295 e. The molecule has 1 aromatic carbocycles. The maximum atomic E-state index is 13.1. The summed E-state index contributed by atoms with van der Waals surface area (Å²) in [5, 5.41) is 0. The molecule has 0 aliphatic heterocycles. The third-order valence-corrected chi connectivity index (χ3v) is 9.17. The van der Waals surface area contributed by atoms with E-state index in [9.17, 15) is 13.0 Å². The van der Waals surface area contributed by atoms with Crippen molar-refractivity contribution < 1.29 is 13.0 Å². The van der Waals surface area contributed by atoms with E-state index in [4.69, 9.17) is 0 Å². The zero-order valence-electron chi connectivity index (χ0n) is 25.9. The Hall–Kier alpha value is -0.870. The van der Waals surface area contributed by atoms with Gasteiger partial charge in [0.2, 0.25) is 0 Å². The minimum atomic E-state index is -4.29. The minimum Gasteiger partial charge on any atom is -0.282 e. The molecule has 0 bridgehead atoms. The summed E-state index contributed by atoms with van der Waals surface area (Å²) >= 11 is 0. The lowest BCUT2D eigenvalue weighted by Crippen LogP contribution is -2.18. The molecule has 0 atom stereocenters. The van der Waals surface area contributed by atoms with Crippen molar-refractivity contribution in [1.82, 2.24) is 0 Å². The fourth-order valence-electron chi connectivity index (χ4n) is 5.95. The summed E-state index contributed by atoms with van der Waals surface area (Å²) in [5.74, 6) is 0. The van der Waals surface area contributed by atoms with Crippen molar-refractivity contribution in [2.75, 3.05) is 0 Å². The Kier molecular flexibility index (Phi) is 19.4. The van der Waals surface area contributed by atoms with Crippen LogP contribution in [0.25, 0.3) is 0 Å². The van der Waals surface area contributed by atoms with Crippen molar-refractivity contribution >= 4 is 10.1 Å². The average Bonchev–Trinajstić information content (AvgIpc) is 2.89. The molecule has 0 fully saturated rings. The van der Waals surface area contributed by atoms with Crippen LogP contribution >= 0.6 is 0 Å². The van der Waals surface area contributed by atoms with Gasteiger partial charge >= 0.3 is 0 Å². The molecule has 0 spiro atoms. The van der Waals surface area contributed by atoms with Crippen LogP contribution in [0, 0.1) is 0 Å². The number of hydrogen-bond donors (Lipinski definition) is 1. The molecule has 3 nitrogen and oxygen atoms in total. The normalized spacial score (nSPS) is 11.9. The molecule has 1 N–H and O–H groups in total. The van der Waals surface area contributed by atoms with Gasteiger partial charge in [-0.25, -0.2) is 0 Å². The highest BCUT2D eigenvalue weighted by Crippen LogP contribution is 2.37. The molecule has 0 saturated heterocycles. The molecule has 1 rings (SSSR count). The lowest BCUT2D eigenvalue weighted by atomic mass is 9.82. The summed E-state index contributed by atoms with van der Waals surface area (Å²) in [6.07, 6.45) is 25.7. The van der Waals surface area contributed by atoms with Gasteiger partial charge in [0.15, 0.2) is 0 Å². The van der Waals surface area contributed by atoms with E-state index in [-0.39, 0.29) is 0 Å². The summed E-state index contributed by atoms with van der Waals surface area (Å²) in [4.78, 5) is 0.305. The molecule has 38 heavy (non-hydrogen) atoms. The molecule has 0 amide bonds. The topological polar surface area (TPSA) is 54.4 Å². The highest BCUT2D eigenvalue weighted by Gasteiger charge is 2.28. The van der Waals surface area contributed by atoms with Gasteiger partial charge in [0.25, 0.3) is 10.1 Å². The summed E-state index contributed by atoms with van der Waals surface area (Å²) in [6.45, 7) is 11.1. The van der Waals surface area contributed by atoms with E-state index in [1.165, 1.54) is 68.1 Å². The first-order valence-corrected chi connectivity index (χ1v) is 18.0. The van der Waals surface area contributed by atoms with E-state index < -0.39 is 10.1 Å². The maximum Gasteiger partial charge on any atom is 0.295 e. The third kappa shape index (κ3) is 12.5. The molecule has 0 radical (unpaired) electrons. The predicted octanol–water partition coefficient (Wildman–Crippen LogP) is 10.8. The van der Waals surface area contributed by atoms with E-state index >= 15 is 0 Å². The standard InChI is InChI=1S/C34H62O3S/c1-6-11-16-17-18-19-20-21-22-23-28-33-31(26-14-9-4)29(24-12-7-2)30(25-13-8-3)32(27-15-10-5)34(33)38(35,36)37/h6-28H2,1-5H3,(H,35,36,37). The average molecular weight is 551 g/mol. The van der Waals surface area contributed by atoms with Crippen LogP contribution in [-0.2, 0) is 42.2 Å². The summed E-state index contributed by atoms with van der Waals surface area (Å²) in [6, 6.07) is 0. The summed E-state index contributed by atoms with van der Waals surface area (Å²) in [7, 11) is -4.29. The number of rotatable bonds is 24. The Labute approximate surface area is 237 Å². The molecule has 1 aromatic rings. The van der Waals surface area contributed by atoms with Gasteiger partial charge in [0.05, 0.1) is 0 Å². The first kappa shape index (κ1) is 35.2. The predicted molar refractivity (Wildman–Crippen MR) is 166 cm³/mol. The van der Waals surface area contributed by atoms with Crippen LogP contribution in [0.5, 0.6) is 0 Å². The quantitative estimate of drug-likeness (QED) is 0.103. The molecule has 222 valence electrons. The number of hydrogen-bond acceptors (Lipinski definition) is 2. The third-order valence-electron chi connectivity index (χ3n) is 8.16. The molecule has 0 aliphatic rings. The van der Waals surface area contributed by atoms with Crippen LogP contribution < -0.4 is 0 Å². The van der Waals surface area contributed by atoms with Gasteiger partial charge in [0, 0.05) is 0 Å². The smallest absolute Gasteiger partial charge is 0.282 e. The lowest BCUT2D eigenvalue weighted by molar-refractivity contribution is 0.479. The van der Waals surface area contributed by atoms with Crippen molar-refractivity contribution in [3.05, 3.63) is 27.8 Å². The second-order valence-corrected chi connectivity index (χ2v) is 12.9. The van der Waals surface area contributed by atoms with Gasteiger partial charge in [-0.2, -0.15) is 8.42 Å². The molecule has 4 heteroatoms. The van der Waals surface area contributed by atoms with E-state index in [1.54, 1.807) is 0 Å². The molecule has 0 unspecified atom stereocenters. The van der Waals surface area contributed by atoms with Gasteiger partial charge in [-0.3, -0.25) is 4.55 Å². The molecule has 0 aliphatic carbocycles. The first-order chi connectivity index (χ1) is 18.4. The van der Waals surface area contributed by atoms with Crippen molar-refractivity contribution in [3.8, 4) is 0 Å². The van der Waals surface area contributed by atoms with Crippen LogP contribution in [-0.4, -0.2) is 13.0 Å². The van der Waals surface area contributed by atoms with Gasteiger partial charge < -0.3 is 0 Å². The summed E-state index contributed by atoms with van der Waals surface area (Å²) in [5.41, 5.74) is 5.90. The molecule has 0 saturated carbocycles. The Morgan fingerprint density at radius 1 is 0.395 bits per heavy atom. The fourth-order valence-corrected chi connectivity index (χ4v) is 7.02. The zero-order chi connectivity index (χ0) is 28.2. The Bertz CT molecular complexity index is 857. The van der Waals surface area contributed by atoms with Crippen molar-refractivity contribution in [2.45, 2.75) is 187 Å². The highest BCUT2D eigenvalue weighted by molar-refractivity contribution is 7.86. The van der Waals surface area contributed by atoms with E-state index in [0.29, 0.717) is 4.90 Å². The van der Waals surface area contributed by atoms with Crippen LogP contribution in [0.15, 0.2) is 4.90 Å².